The number of halogens is 1. The second kappa shape index (κ2) is 4.08. The highest BCUT2D eigenvalue weighted by atomic mass is 127. The highest BCUT2D eigenvalue weighted by molar-refractivity contribution is 14.1. The Hall–Kier alpha value is -0.590. The first-order valence-corrected chi connectivity index (χ1v) is 5.12. The Morgan fingerprint density at radius 3 is 2.92 bits per heavy atom. The summed E-state index contributed by atoms with van der Waals surface area (Å²) in [5.41, 5.74) is 0.287. The lowest BCUT2D eigenvalue weighted by Gasteiger charge is -2.11. The highest BCUT2D eigenvalue weighted by Crippen LogP contribution is 2.17. The van der Waals surface area contributed by atoms with Crippen LogP contribution in [0.2, 0.25) is 0 Å². The predicted octanol–water partition coefficient (Wildman–Crippen LogP) is 2.16. The zero-order valence-electron chi connectivity index (χ0n) is 7.49. The Balaban J connectivity index is 3.14. The van der Waals surface area contributed by atoms with Gasteiger partial charge < -0.3 is 5.11 Å². The fourth-order valence-electron chi connectivity index (χ4n) is 1.05. The van der Waals surface area contributed by atoms with Crippen molar-refractivity contribution in [1.82, 2.24) is 9.78 Å². The molecule has 0 aliphatic rings. The predicted molar refractivity (Wildman–Crippen MR) is 56.9 cm³/mol. The van der Waals surface area contributed by atoms with Crippen molar-refractivity contribution in [2.45, 2.75) is 26.3 Å². The molecule has 1 aromatic rings. The van der Waals surface area contributed by atoms with Crippen LogP contribution in [-0.2, 0) is 0 Å². The lowest BCUT2D eigenvalue weighted by atomic mass is 10.2. The number of rotatable bonds is 3. The largest absolute Gasteiger partial charge is 0.476 e. The van der Waals surface area contributed by atoms with Gasteiger partial charge in [0.2, 0.25) is 0 Å². The van der Waals surface area contributed by atoms with Gasteiger partial charge in [-0.2, -0.15) is 5.10 Å². The third kappa shape index (κ3) is 2.01. The van der Waals surface area contributed by atoms with Gasteiger partial charge in [-0.25, -0.2) is 4.79 Å². The van der Waals surface area contributed by atoms with Crippen LogP contribution in [0.4, 0.5) is 0 Å². The monoisotopic (exact) mass is 294 g/mol. The summed E-state index contributed by atoms with van der Waals surface area (Å²) in [5, 5.41) is 13.0. The molecular weight excluding hydrogens is 283 g/mol. The zero-order chi connectivity index (χ0) is 10.0. The molecule has 0 radical (unpaired) electrons. The van der Waals surface area contributed by atoms with Crippen molar-refractivity contribution < 1.29 is 9.90 Å². The standard InChI is InChI=1S/C8H11IN2O2/c1-3-5(2)11-7(8(12)13)6(9)4-10-11/h4-5H,3H2,1-2H3,(H,12,13)/t5-/m1/s1. The van der Waals surface area contributed by atoms with Gasteiger partial charge in [-0.1, -0.05) is 6.92 Å². The van der Waals surface area contributed by atoms with Gasteiger partial charge >= 0.3 is 5.97 Å². The number of carboxylic acids is 1. The minimum Gasteiger partial charge on any atom is -0.476 e. The zero-order valence-corrected chi connectivity index (χ0v) is 9.65. The number of hydrogen-bond acceptors (Lipinski definition) is 2. The van der Waals surface area contributed by atoms with Crippen LogP contribution in [0.1, 0.15) is 36.8 Å². The lowest BCUT2D eigenvalue weighted by Crippen LogP contribution is -2.14. The molecule has 0 aromatic carbocycles. The maximum absolute atomic E-state index is 10.9. The molecule has 1 atom stereocenters. The summed E-state index contributed by atoms with van der Waals surface area (Å²) in [4.78, 5) is 10.9. The van der Waals surface area contributed by atoms with E-state index in [1.54, 1.807) is 10.9 Å². The van der Waals surface area contributed by atoms with Crippen molar-refractivity contribution in [2.75, 3.05) is 0 Å². The molecule has 4 nitrogen and oxygen atoms in total. The van der Waals surface area contributed by atoms with Crippen LogP contribution < -0.4 is 0 Å². The van der Waals surface area contributed by atoms with E-state index in [9.17, 15) is 4.79 Å². The maximum Gasteiger partial charge on any atom is 0.355 e. The Bertz CT molecular complexity index is 322. The quantitative estimate of drug-likeness (QED) is 0.869. The number of nitrogens with zero attached hydrogens (tertiary/aromatic N) is 2. The molecule has 0 bridgehead atoms. The van der Waals surface area contributed by atoms with E-state index in [1.165, 1.54) is 0 Å². The minimum atomic E-state index is -0.915. The van der Waals surface area contributed by atoms with E-state index in [4.69, 9.17) is 5.11 Å². The third-order valence-corrected chi connectivity index (χ3v) is 2.75. The van der Waals surface area contributed by atoms with E-state index >= 15 is 0 Å². The van der Waals surface area contributed by atoms with Crippen LogP contribution >= 0.6 is 22.6 Å². The molecular formula is C8H11IN2O2. The molecule has 0 aliphatic carbocycles. The Morgan fingerprint density at radius 1 is 1.85 bits per heavy atom. The Labute approximate surface area is 90.1 Å². The highest BCUT2D eigenvalue weighted by Gasteiger charge is 2.18. The Morgan fingerprint density at radius 2 is 2.46 bits per heavy atom. The van der Waals surface area contributed by atoms with Crippen molar-refractivity contribution in [2.24, 2.45) is 0 Å². The third-order valence-electron chi connectivity index (χ3n) is 1.96. The summed E-state index contributed by atoms with van der Waals surface area (Å²) in [6.45, 7) is 3.96. The Kier molecular flexibility index (Phi) is 3.29. The van der Waals surface area contributed by atoms with Crippen LogP contribution in [0.15, 0.2) is 6.20 Å². The number of hydrogen-bond donors (Lipinski definition) is 1. The minimum absolute atomic E-state index is 0.134. The number of aromatic carboxylic acids is 1. The molecule has 1 N–H and O–H groups in total. The molecule has 0 unspecified atom stereocenters. The first kappa shape index (κ1) is 10.5. The van der Waals surface area contributed by atoms with Gasteiger partial charge in [-0.05, 0) is 35.9 Å². The summed E-state index contributed by atoms with van der Waals surface area (Å²) >= 11 is 1.98. The lowest BCUT2D eigenvalue weighted by molar-refractivity contribution is 0.0679. The van der Waals surface area contributed by atoms with Crippen LogP contribution in [0.25, 0.3) is 0 Å². The molecule has 0 saturated carbocycles. The van der Waals surface area contributed by atoms with E-state index in [1.807, 2.05) is 36.4 Å². The van der Waals surface area contributed by atoms with E-state index in [-0.39, 0.29) is 11.7 Å². The van der Waals surface area contributed by atoms with Crippen molar-refractivity contribution in [1.29, 1.82) is 0 Å². The number of aromatic nitrogens is 2. The molecule has 0 amide bonds. The van der Waals surface area contributed by atoms with Gasteiger partial charge in [-0.3, -0.25) is 4.68 Å². The van der Waals surface area contributed by atoms with Gasteiger partial charge in [0.1, 0.15) is 0 Å². The van der Waals surface area contributed by atoms with Gasteiger partial charge in [-0.15, -0.1) is 0 Å². The smallest absolute Gasteiger partial charge is 0.355 e. The van der Waals surface area contributed by atoms with E-state index < -0.39 is 5.97 Å². The summed E-state index contributed by atoms with van der Waals surface area (Å²) < 4.78 is 2.25. The van der Waals surface area contributed by atoms with E-state index in [0.29, 0.717) is 3.57 Å². The maximum atomic E-state index is 10.9. The second-order valence-electron chi connectivity index (χ2n) is 2.85. The molecule has 13 heavy (non-hydrogen) atoms. The number of carboxylic acid groups (broad SMARTS) is 1. The SMILES string of the molecule is CC[C@@H](C)n1ncc(I)c1C(=O)O. The van der Waals surface area contributed by atoms with Crippen LogP contribution in [0, 0.1) is 3.57 Å². The molecule has 1 rings (SSSR count). The van der Waals surface area contributed by atoms with Crippen LogP contribution in [-0.4, -0.2) is 20.9 Å². The number of carbonyl (C=O) groups is 1. The summed E-state index contributed by atoms with van der Waals surface area (Å²) in [5.74, 6) is -0.915. The molecule has 0 saturated heterocycles. The van der Waals surface area contributed by atoms with E-state index in [0.717, 1.165) is 6.42 Å². The first-order valence-electron chi connectivity index (χ1n) is 4.04. The second-order valence-corrected chi connectivity index (χ2v) is 4.01. The molecule has 0 spiro atoms. The molecule has 5 heteroatoms. The van der Waals surface area contributed by atoms with Gasteiger partial charge in [0.05, 0.1) is 9.77 Å². The molecule has 72 valence electrons. The van der Waals surface area contributed by atoms with Crippen molar-refractivity contribution in [3.05, 3.63) is 15.5 Å². The summed E-state index contributed by atoms with van der Waals surface area (Å²) in [6.07, 6.45) is 2.45. The van der Waals surface area contributed by atoms with Crippen molar-refractivity contribution in [3.63, 3.8) is 0 Å². The summed E-state index contributed by atoms with van der Waals surface area (Å²) in [6, 6.07) is 0.134. The fourth-order valence-corrected chi connectivity index (χ4v) is 1.65. The average Bonchev–Trinajstić information content (AvgIpc) is 2.45. The van der Waals surface area contributed by atoms with Gasteiger partial charge in [0.15, 0.2) is 5.69 Å². The molecule has 1 heterocycles. The van der Waals surface area contributed by atoms with E-state index in [2.05, 4.69) is 5.10 Å². The van der Waals surface area contributed by atoms with Crippen LogP contribution in [0.5, 0.6) is 0 Å². The van der Waals surface area contributed by atoms with Crippen molar-refractivity contribution >= 4 is 28.6 Å². The topological polar surface area (TPSA) is 55.1 Å². The average molecular weight is 294 g/mol. The van der Waals surface area contributed by atoms with Crippen molar-refractivity contribution in [3.8, 4) is 0 Å². The van der Waals surface area contributed by atoms with Gasteiger partial charge in [0.25, 0.3) is 0 Å². The van der Waals surface area contributed by atoms with Crippen LogP contribution in [0.3, 0.4) is 0 Å². The fraction of sp³-hybridized carbons (Fsp3) is 0.500. The molecule has 0 aliphatic heterocycles. The normalized spacial score (nSPS) is 12.8. The van der Waals surface area contributed by atoms with Gasteiger partial charge in [0, 0.05) is 6.04 Å². The molecule has 1 aromatic heterocycles. The molecule has 0 fully saturated rings. The first-order chi connectivity index (χ1) is 6.07. The summed E-state index contributed by atoms with van der Waals surface area (Å²) in [7, 11) is 0.